The van der Waals surface area contributed by atoms with Crippen molar-refractivity contribution in [1.82, 2.24) is 20.1 Å². The number of hydrogen-bond donors (Lipinski definition) is 1. The van der Waals surface area contributed by atoms with E-state index in [1.54, 1.807) is 6.20 Å². The van der Waals surface area contributed by atoms with Crippen molar-refractivity contribution < 1.29 is 9.63 Å². The van der Waals surface area contributed by atoms with E-state index in [9.17, 15) is 5.11 Å². The number of nitrogens with zero attached hydrogens (tertiary/aromatic N) is 6. The molecule has 1 saturated heterocycles. The maximum Gasteiger partial charge on any atom is 0.229 e. The first kappa shape index (κ1) is 17.6. The van der Waals surface area contributed by atoms with Gasteiger partial charge in [0.05, 0.1) is 6.10 Å². The van der Waals surface area contributed by atoms with Gasteiger partial charge >= 0.3 is 0 Å². The number of hydrogen-bond acceptors (Lipinski definition) is 8. The van der Waals surface area contributed by atoms with E-state index in [1.165, 1.54) is 0 Å². The number of aliphatic hydroxyl groups excluding tert-OH is 1. The molecule has 2 aromatic rings. The second-order valence-electron chi connectivity index (χ2n) is 6.83. The van der Waals surface area contributed by atoms with Crippen molar-refractivity contribution in [3.05, 3.63) is 24.0 Å². The summed E-state index contributed by atoms with van der Waals surface area (Å²) < 4.78 is 5.23. The summed E-state index contributed by atoms with van der Waals surface area (Å²) in [5.74, 6) is 3.12. The van der Waals surface area contributed by atoms with Gasteiger partial charge in [0.25, 0.3) is 0 Å². The van der Waals surface area contributed by atoms with Crippen LogP contribution in [0.25, 0.3) is 0 Å². The molecule has 0 saturated carbocycles. The summed E-state index contributed by atoms with van der Waals surface area (Å²) in [6.45, 7) is 6.29. The van der Waals surface area contributed by atoms with Crippen molar-refractivity contribution in [3.63, 3.8) is 0 Å². The average molecular weight is 346 g/mol. The first-order valence-corrected chi connectivity index (χ1v) is 8.82. The van der Waals surface area contributed by atoms with Crippen molar-refractivity contribution in [3.8, 4) is 0 Å². The fourth-order valence-electron chi connectivity index (χ4n) is 2.83. The lowest BCUT2D eigenvalue weighted by Gasteiger charge is -2.31. The molecule has 3 heterocycles. The Morgan fingerprint density at radius 2 is 2.24 bits per heavy atom. The predicted molar refractivity (Wildman–Crippen MR) is 94.8 cm³/mol. The number of β-amino-alcohol motifs (C(OH)–C–C–N with tert-alkyl or cyclic N) is 1. The van der Waals surface area contributed by atoms with Gasteiger partial charge in [0.1, 0.15) is 5.82 Å². The summed E-state index contributed by atoms with van der Waals surface area (Å²) in [5.41, 5.74) is 0. The number of rotatable bonds is 6. The van der Waals surface area contributed by atoms with E-state index in [4.69, 9.17) is 4.52 Å². The summed E-state index contributed by atoms with van der Waals surface area (Å²) >= 11 is 0. The lowest BCUT2D eigenvalue weighted by atomic mass is 10.1. The van der Waals surface area contributed by atoms with Crippen LogP contribution in [0.2, 0.25) is 0 Å². The van der Waals surface area contributed by atoms with Crippen LogP contribution in [0, 0.1) is 0 Å². The summed E-state index contributed by atoms with van der Waals surface area (Å²) in [7, 11) is 1.95. The molecule has 1 atom stereocenters. The number of anilines is 2. The van der Waals surface area contributed by atoms with E-state index in [0.717, 1.165) is 25.2 Å². The quantitative estimate of drug-likeness (QED) is 0.844. The molecule has 0 amide bonds. The Bertz CT molecular complexity index is 689. The number of piperidine rings is 1. The lowest BCUT2D eigenvalue weighted by Crippen LogP contribution is -2.39. The molecule has 0 bridgehead atoms. The summed E-state index contributed by atoms with van der Waals surface area (Å²) in [6.07, 6.45) is 3.99. The van der Waals surface area contributed by atoms with Gasteiger partial charge in [0.2, 0.25) is 11.8 Å². The lowest BCUT2D eigenvalue weighted by molar-refractivity contribution is 0.154. The van der Waals surface area contributed by atoms with E-state index in [0.29, 0.717) is 37.2 Å². The van der Waals surface area contributed by atoms with E-state index >= 15 is 0 Å². The second-order valence-corrected chi connectivity index (χ2v) is 6.83. The highest BCUT2D eigenvalue weighted by Gasteiger charge is 2.19. The number of aromatic nitrogens is 4. The summed E-state index contributed by atoms with van der Waals surface area (Å²) in [5, 5.41) is 13.9. The standard InChI is InChI=1S/C17H26N6O2/c1-12(2)16-19-14(21-25-16)7-10-22(3)17-18-8-6-15(20-17)23-9-4-5-13(24)11-23/h6,8,12-13,24H,4-5,7,9-11H2,1-3H3/t13-/m0/s1. The minimum Gasteiger partial charge on any atom is -0.391 e. The molecule has 1 N–H and O–H groups in total. The molecule has 0 aliphatic carbocycles. The molecule has 136 valence electrons. The van der Waals surface area contributed by atoms with Gasteiger partial charge in [-0.3, -0.25) is 0 Å². The van der Waals surface area contributed by atoms with E-state index in [1.807, 2.05) is 31.9 Å². The van der Waals surface area contributed by atoms with Crippen molar-refractivity contribution >= 4 is 11.8 Å². The Balaban J connectivity index is 1.61. The molecule has 0 aromatic carbocycles. The molecule has 1 fully saturated rings. The second kappa shape index (κ2) is 7.77. The molecular formula is C17H26N6O2. The first-order valence-electron chi connectivity index (χ1n) is 8.82. The van der Waals surface area contributed by atoms with Crippen molar-refractivity contribution in [2.75, 3.05) is 36.5 Å². The van der Waals surface area contributed by atoms with Crippen molar-refractivity contribution in [2.45, 2.75) is 45.1 Å². The summed E-state index contributed by atoms with van der Waals surface area (Å²) in [4.78, 5) is 17.5. The van der Waals surface area contributed by atoms with Crippen LogP contribution < -0.4 is 9.80 Å². The van der Waals surface area contributed by atoms with Gasteiger partial charge in [-0.1, -0.05) is 19.0 Å². The van der Waals surface area contributed by atoms with E-state index in [2.05, 4.69) is 25.0 Å². The van der Waals surface area contributed by atoms with Gasteiger partial charge in [-0.2, -0.15) is 9.97 Å². The Morgan fingerprint density at radius 3 is 2.96 bits per heavy atom. The molecule has 1 aliphatic heterocycles. The van der Waals surface area contributed by atoms with Gasteiger partial charge in [0, 0.05) is 45.2 Å². The Hall–Kier alpha value is -2.22. The van der Waals surface area contributed by atoms with E-state index in [-0.39, 0.29) is 12.0 Å². The maximum absolute atomic E-state index is 9.85. The van der Waals surface area contributed by atoms with Gasteiger partial charge in [-0.05, 0) is 18.9 Å². The molecule has 25 heavy (non-hydrogen) atoms. The molecule has 8 heteroatoms. The van der Waals surface area contributed by atoms with Gasteiger partial charge in [-0.15, -0.1) is 0 Å². The number of aliphatic hydroxyl groups is 1. The molecule has 0 radical (unpaired) electrons. The average Bonchev–Trinajstić information content (AvgIpc) is 3.09. The Kier molecular flexibility index (Phi) is 5.47. The van der Waals surface area contributed by atoms with Crippen molar-refractivity contribution in [2.24, 2.45) is 0 Å². The van der Waals surface area contributed by atoms with Crippen LogP contribution in [0.15, 0.2) is 16.8 Å². The van der Waals surface area contributed by atoms with Crippen LogP contribution >= 0.6 is 0 Å². The maximum atomic E-state index is 9.85. The van der Waals surface area contributed by atoms with Crippen LogP contribution in [-0.2, 0) is 6.42 Å². The Morgan fingerprint density at radius 1 is 1.40 bits per heavy atom. The molecule has 8 nitrogen and oxygen atoms in total. The number of likely N-dealkylation sites (N-methyl/N-ethyl adjacent to an activating group) is 1. The van der Waals surface area contributed by atoms with Crippen LogP contribution in [0.5, 0.6) is 0 Å². The van der Waals surface area contributed by atoms with Crippen LogP contribution in [0.3, 0.4) is 0 Å². The third kappa shape index (κ3) is 4.45. The van der Waals surface area contributed by atoms with Crippen LogP contribution in [-0.4, -0.2) is 58.0 Å². The third-order valence-electron chi connectivity index (χ3n) is 4.34. The molecule has 3 rings (SSSR count). The Labute approximate surface area is 147 Å². The molecule has 1 aliphatic rings. The molecule has 0 unspecified atom stereocenters. The highest BCUT2D eigenvalue weighted by Crippen LogP contribution is 2.19. The summed E-state index contributed by atoms with van der Waals surface area (Å²) in [6, 6.07) is 1.89. The van der Waals surface area contributed by atoms with Gasteiger partial charge in [-0.25, -0.2) is 4.98 Å². The molecule has 2 aromatic heterocycles. The minimum absolute atomic E-state index is 0.235. The van der Waals surface area contributed by atoms with Crippen molar-refractivity contribution in [1.29, 1.82) is 0 Å². The highest BCUT2D eigenvalue weighted by atomic mass is 16.5. The van der Waals surface area contributed by atoms with Crippen LogP contribution in [0.4, 0.5) is 11.8 Å². The third-order valence-corrected chi connectivity index (χ3v) is 4.34. The molecule has 0 spiro atoms. The normalized spacial score (nSPS) is 18.0. The van der Waals surface area contributed by atoms with Gasteiger partial charge < -0.3 is 19.4 Å². The topological polar surface area (TPSA) is 91.4 Å². The largest absolute Gasteiger partial charge is 0.391 e. The van der Waals surface area contributed by atoms with Crippen LogP contribution in [0.1, 0.15) is 44.3 Å². The highest BCUT2D eigenvalue weighted by molar-refractivity contribution is 5.44. The van der Waals surface area contributed by atoms with E-state index < -0.39 is 0 Å². The van der Waals surface area contributed by atoms with Gasteiger partial charge in [0.15, 0.2) is 5.82 Å². The monoisotopic (exact) mass is 346 g/mol. The SMILES string of the molecule is CC(C)c1nc(CCN(C)c2nccc(N3CCC[C@H](O)C3)n2)no1. The molecular weight excluding hydrogens is 320 g/mol. The zero-order valence-electron chi connectivity index (χ0n) is 15.1. The minimum atomic E-state index is -0.279. The zero-order chi connectivity index (χ0) is 17.8. The first-order chi connectivity index (χ1) is 12.0. The fraction of sp³-hybridized carbons (Fsp3) is 0.647. The zero-order valence-corrected chi connectivity index (χ0v) is 15.1. The predicted octanol–water partition coefficient (Wildman–Crippen LogP) is 1.62. The smallest absolute Gasteiger partial charge is 0.229 e. The fourth-order valence-corrected chi connectivity index (χ4v) is 2.83.